The fraction of sp³-hybridized carbons (Fsp3) is 0.917. The largest absolute Gasteiger partial charge is 0.459 e. The first kappa shape index (κ1) is 10.0. The molecule has 1 saturated carbocycles. The summed E-state index contributed by atoms with van der Waals surface area (Å²) in [5, 5.41) is 0. The molecule has 2 heteroatoms. The second-order valence-corrected chi connectivity index (χ2v) is 5.72. The zero-order chi connectivity index (χ0) is 10.4. The summed E-state index contributed by atoms with van der Waals surface area (Å²) in [6.07, 6.45) is 5.14. The molecule has 0 bridgehead atoms. The van der Waals surface area contributed by atoms with Crippen molar-refractivity contribution in [1.82, 2.24) is 0 Å². The molecule has 0 amide bonds. The number of rotatable bonds is 0. The van der Waals surface area contributed by atoms with E-state index < -0.39 is 0 Å². The van der Waals surface area contributed by atoms with E-state index in [1.807, 2.05) is 0 Å². The number of fused-ring (bicyclic) bond motifs is 1. The Morgan fingerprint density at radius 2 is 2.00 bits per heavy atom. The lowest BCUT2D eigenvalue weighted by molar-refractivity contribution is -0.190. The van der Waals surface area contributed by atoms with E-state index in [9.17, 15) is 4.79 Å². The van der Waals surface area contributed by atoms with Crippen molar-refractivity contribution < 1.29 is 9.53 Å². The summed E-state index contributed by atoms with van der Waals surface area (Å²) in [5.41, 5.74) is 0.171. The van der Waals surface area contributed by atoms with Crippen LogP contribution in [0.5, 0.6) is 0 Å². The van der Waals surface area contributed by atoms with E-state index in [0.29, 0.717) is 17.8 Å². The van der Waals surface area contributed by atoms with Gasteiger partial charge in [0, 0.05) is 12.3 Å². The van der Waals surface area contributed by atoms with Crippen LogP contribution < -0.4 is 0 Å². The Bertz CT molecular complexity index is 257. The molecule has 2 atom stereocenters. The lowest BCUT2D eigenvalue weighted by Gasteiger charge is -2.52. The molecule has 0 N–H and O–H groups in total. The van der Waals surface area contributed by atoms with Gasteiger partial charge in [-0.05, 0) is 38.0 Å². The van der Waals surface area contributed by atoms with Crippen LogP contribution in [0.3, 0.4) is 0 Å². The van der Waals surface area contributed by atoms with E-state index in [2.05, 4.69) is 20.8 Å². The highest BCUT2D eigenvalue weighted by molar-refractivity contribution is 5.70. The maximum absolute atomic E-state index is 11.3. The quantitative estimate of drug-likeness (QED) is 0.557. The standard InChI is InChI=1S/C12H20O2/c1-11(2)7-4-8-12(3)9(11)5-6-10(13)14-12/h9H,4-8H2,1-3H3. The topological polar surface area (TPSA) is 26.3 Å². The molecule has 0 aromatic heterocycles. The van der Waals surface area contributed by atoms with Crippen molar-refractivity contribution in [3.63, 3.8) is 0 Å². The fourth-order valence-corrected chi connectivity index (χ4v) is 3.46. The number of carbonyl (C=O) groups is 1. The molecule has 0 radical (unpaired) electrons. The first-order valence-electron chi connectivity index (χ1n) is 5.66. The van der Waals surface area contributed by atoms with E-state index in [0.717, 1.165) is 12.8 Å². The summed E-state index contributed by atoms with van der Waals surface area (Å²) >= 11 is 0. The second-order valence-electron chi connectivity index (χ2n) is 5.72. The Labute approximate surface area is 86.0 Å². The number of hydrogen-bond donors (Lipinski definition) is 0. The van der Waals surface area contributed by atoms with Crippen molar-refractivity contribution in [2.24, 2.45) is 11.3 Å². The molecular weight excluding hydrogens is 176 g/mol. The molecule has 80 valence electrons. The van der Waals surface area contributed by atoms with E-state index in [1.54, 1.807) is 0 Å². The molecule has 1 aliphatic heterocycles. The highest BCUT2D eigenvalue weighted by atomic mass is 16.6. The average molecular weight is 196 g/mol. The minimum absolute atomic E-state index is 0.00134. The van der Waals surface area contributed by atoms with Crippen LogP contribution in [-0.4, -0.2) is 11.6 Å². The van der Waals surface area contributed by atoms with Gasteiger partial charge in [-0.2, -0.15) is 0 Å². The predicted molar refractivity (Wildman–Crippen MR) is 54.9 cm³/mol. The number of hydrogen-bond acceptors (Lipinski definition) is 2. The van der Waals surface area contributed by atoms with Crippen molar-refractivity contribution in [3.05, 3.63) is 0 Å². The predicted octanol–water partition coefficient (Wildman–Crippen LogP) is 2.91. The van der Waals surface area contributed by atoms with Crippen molar-refractivity contribution >= 4 is 5.97 Å². The molecule has 2 fully saturated rings. The van der Waals surface area contributed by atoms with Crippen LogP contribution in [0.25, 0.3) is 0 Å². The Kier molecular flexibility index (Phi) is 2.13. The van der Waals surface area contributed by atoms with Crippen LogP contribution in [0.2, 0.25) is 0 Å². The number of ether oxygens (including phenoxy) is 1. The first-order valence-corrected chi connectivity index (χ1v) is 5.66. The van der Waals surface area contributed by atoms with Gasteiger partial charge < -0.3 is 4.74 Å². The molecule has 0 spiro atoms. The summed E-state index contributed by atoms with van der Waals surface area (Å²) in [4.78, 5) is 11.3. The Hall–Kier alpha value is -0.530. The van der Waals surface area contributed by atoms with Gasteiger partial charge >= 0.3 is 5.97 Å². The van der Waals surface area contributed by atoms with Gasteiger partial charge in [0.15, 0.2) is 0 Å². The third-order valence-corrected chi connectivity index (χ3v) is 4.16. The van der Waals surface area contributed by atoms with Crippen molar-refractivity contribution in [3.8, 4) is 0 Å². The molecule has 2 aliphatic rings. The Morgan fingerprint density at radius 3 is 2.71 bits per heavy atom. The third-order valence-electron chi connectivity index (χ3n) is 4.16. The summed E-state index contributed by atoms with van der Waals surface area (Å²) in [5.74, 6) is 0.558. The fourth-order valence-electron chi connectivity index (χ4n) is 3.46. The Morgan fingerprint density at radius 1 is 1.29 bits per heavy atom. The van der Waals surface area contributed by atoms with Gasteiger partial charge in [-0.15, -0.1) is 0 Å². The van der Waals surface area contributed by atoms with E-state index >= 15 is 0 Å². The van der Waals surface area contributed by atoms with Crippen molar-refractivity contribution in [2.75, 3.05) is 0 Å². The summed E-state index contributed by atoms with van der Waals surface area (Å²) in [6.45, 7) is 6.75. The van der Waals surface area contributed by atoms with Crippen LogP contribution in [-0.2, 0) is 9.53 Å². The molecule has 0 aromatic rings. The van der Waals surface area contributed by atoms with Gasteiger partial charge in [0.2, 0.25) is 0 Å². The zero-order valence-electron chi connectivity index (χ0n) is 9.43. The molecule has 1 aliphatic carbocycles. The molecule has 0 aromatic carbocycles. The van der Waals surface area contributed by atoms with E-state index in [4.69, 9.17) is 4.74 Å². The molecule has 1 saturated heterocycles. The minimum Gasteiger partial charge on any atom is -0.459 e. The van der Waals surface area contributed by atoms with Crippen LogP contribution in [0.15, 0.2) is 0 Å². The van der Waals surface area contributed by atoms with Crippen molar-refractivity contribution in [2.45, 2.75) is 58.5 Å². The molecule has 14 heavy (non-hydrogen) atoms. The summed E-state index contributed by atoms with van der Waals surface area (Å²) in [6, 6.07) is 0. The van der Waals surface area contributed by atoms with Gasteiger partial charge in [0.05, 0.1) is 0 Å². The lowest BCUT2D eigenvalue weighted by Crippen LogP contribution is -2.52. The lowest BCUT2D eigenvalue weighted by atomic mass is 9.59. The maximum Gasteiger partial charge on any atom is 0.306 e. The smallest absolute Gasteiger partial charge is 0.306 e. The van der Waals surface area contributed by atoms with Gasteiger partial charge in [-0.25, -0.2) is 0 Å². The third kappa shape index (κ3) is 1.45. The van der Waals surface area contributed by atoms with Gasteiger partial charge in [-0.1, -0.05) is 13.8 Å². The zero-order valence-corrected chi connectivity index (χ0v) is 9.43. The highest BCUT2D eigenvalue weighted by Crippen LogP contribution is 2.51. The van der Waals surface area contributed by atoms with Gasteiger partial charge in [0.25, 0.3) is 0 Å². The second kappa shape index (κ2) is 2.98. The monoisotopic (exact) mass is 196 g/mol. The van der Waals surface area contributed by atoms with Crippen LogP contribution in [0.1, 0.15) is 52.9 Å². The van der Waals surface area contributed by atoms with E-state index in [1.165, 1.54) is 12.8 Å². The molecule has 2 nitrogen and oxygen atoms in total. The SMILES string of the molecule is CC1(C)CCCC2(C)OC(=O)CCC12. The molecule has 2 rings (SSSR count). The summed E-state index contributed by atoms with van der Waals surface area (Å²) < 4.78 is 5.57. The van der Waals surface area contributed by atoms with Crippen LogP contribution >= 0.6 is 0 Å². The highest BCUT2D eigenvalue weighted by Gasteiger charge is 2.50. The van der Waals surface area contributed by atoms with Gasteiger partial charge in [-0.3, -0.25) is 4.79 Å². The Balaban J connectivity index is 2.25. The van der Waals surface area contributed by atoms with Crippen LogP contribution in [0, 0.1) is 11.3 Å². The number of esters is 1. The molecular formula is C12H20O2. The maximum atomic E-state index is 11.3. The van der Waals surface area contributed by atoms with E-state index in [-0.39, 0.29) is 11.6 Å². The molecule has 2 unspecified atom stereocenters. The molecule has 1 heterocycles. The van der Waals surface area contributed by atoms with Gasteiger partial charge in [0.1, 0.15) is 5.60 Å². The first-order chi connectivity index (χ1) is 6.44. The normalized spacial score (nSPS) is 41.4. The van der Waals surface area contributed by atoms with Crippen LogP contribution in [0.4, 0.5) is 0 Å². The van der Waals surface area contributed by atoms with Crippen molar-refractivity contribution in [1.29, 1.82) is 0 Å². The minimum atomic E-state index is -0.170. The average Bonchev–Trinajstić information content (AvgIpc) is 2.00. The number of carbonyl (C=O) groups excluding carboxylic acids is 1. The summed E-state index contributed by atoms with van der Waals surface area (Å²) in [7, 11) is 0.